The van der Waals surface area contributed by atoms with E-state index >= 15 is 0 Å². The van der Waals surface area contributed by atoms with E-state index in [2.05, 4.69) is 29.2 Å². The summed E-state index contributed by atoms with van der Waals surface area (Å²) in [4.78, 5) is 17.0. The normalized spacial score (nSPS) is 12.4. The molecule has 1 atom stereocenters. The van der Waals surface area contributed by atoms with E-state index in [1.54, 1.807) is 0 Å². The molecular formula is C25H26Cl2N4OS. The van der Waals surface area contributed by atoms with Crippen LogP contribution < -0.4 is 5.32 Å². The molecule has 2 aromatic heterocycles. The van der Waals surface area contributed by atoms with Gasteiger partial charge in [-0.2, -0.15) is 5.10 Å². The van der Waals surface area contributed by atoms with Gasteiger partial charge in [-0.3, -0.25) is 9.69 Å². The van der Waals surface area contributed by atoms with Crippen LogP contribution in [-0.2, 0) is 0 Å². The fourth-order valence-electron chi connectivity index (χ4n) is 4.04. The summed E-state index contributed by atoms with van der Waals surface area (Å²) < 4.78 is 1.87. The maximum Gasteiger partial charge on any atom is 0.261 e. The van der Waals surface area contributed by atoms with E-state index in [4.69, 9.17) is 23.2 Å². The SMILES string of the molecule is CCN(CC)[C@@H](CNC(=O)c1cc2c(C)nn(-c3ccc(Cl)cc3)c2s1)c1ccccc1Cl. The highest BCUT2D eigenvalue weighted by Gasteiger charge is 2.23. The highest BCUT2D eigenvalue weighted by atomic mass is 35.5. The molecular weight excluding hydrogens is 475 g/mol. The van der Waals surface area contributed by atoms with Crippen molar-refractivity contribution in [2.75, 3.05) is 19.6 Å². The van der Waals surface area contributed by atoms with Gasteiger partial charge in [-0.1, -0.05) is 55.2 Å². The Morgan fingerprint density at radius 2 is 1.82 bits per heavy atom. The highest BCUT2D eigenvalue weighted by Crippen LogP contribution is 2.31. The molecule has 172 valence electrons. The molecule has 4 aromatic rings. The van der Waals surface area contributed by atoms with Crippen LogP contribution in [0.4, 0.5) is 0 Å². The molecule has 8 heteroatoms. The Hall–Kier alpha value is -2.38. The number of nitrogens with one attached hydrogen (secondary N) is 1. The third kappa shape index (κ3) is 4.94. The van der Waals surface area contributed by atoms with Gasteiger partial charge in [0.05, 0.1) is 22.3 Å². The second-order valence-corrected chi connectivity index (χ2v) is 9.65. The van der Waals surface area contributed by atoms with Gasteiger partial charge < -0.3 is 5.32 Å². The third-order valence-corrected chi connectivity index (χ3v) is 7.52. The first-order valence-electron chi connectivity index (χ1n) is 10.9. The van der Waals surface area contributed by atoms with Crippen molar-refractivity contribution in [1.29, 1.82) is 0 Å². The standard InChI is InChI=1S/C25H26Cl2N4OS/c1-4-30(5-2)22(19-8-6-7-9-21(19)27)15-28-24(32)23-14-20-16(3)29-31(25(20)33-23)18-12-10-17(26)11-13-18/h6-14,22H,4-5,15H2,1-3H3,(H,28,32)/t22-/m0/s1. The number of hydrogen-bond acceptors (Lipinski definition) is 4. The number of carbonyl (C=O) groups excluding carboxylic acids is 1. The van der Waals surface area contributed by atoms with Gasteiger partial charge in [-0.05, 0) is 62.0 Å². The predicted octanol–water partition coefficient (Wildman–Crippen LogP) is 6.52. The van der Waals surface area contributed by atoms with Crippen molar-refractivity contribution in [2.45, 2.75) is 26.8 Å². The molecule has 0 saturated carbocycles. The minimum absolute atomic E-state index is 0.00155. The number of benzene rings is 2. The number of likely N-dealkylation sites (N-methyl/N-ethyl adjacent to an activating group) is 1. The largest absolute Gasteiger partial charge is 0.349 e. The number of thiophene rings is 1. The predicted molar refractivity (Wildman–Crippen MR) is 138 cm³/mol. The smallest absolute Gasteiger partial charge is 0.261 e. The average Bonchev–Trinajstić information content (AvgIpc) is 3.38. The van der Waals surface area contributed by atoms with Crippen LogP contribution in [0, 0.1) is 6.92 Å². The molecule has 0 spiro atoms. The molecule has 0 aliphatic rings. The summed E-state index contributed by atoms with van der Waals surface area (Å²) in [6.07, 6.45) is 0. The van der Waals surface area contributed by atoms with Gasteiger partial charge in [0.25, 0.3) is 5.91 Å². The molecule has 33 heavy (non-hydrogen) atoms. The second-order valence-electron chi connectivity index (χ2n) is 7.77. The maximum absolute atomic E-state index is 13.1. The van der Waals surface area contributed by atoms with Crippen LogP contribution in [0.25, 0.3) is 15.9 Å². The number of aromatic nitrogens is 2. The van der Waals surface area contributed by atoms with Crippen LogP contribution in [0.5, 0.6) is 0 Å². The van der Waals surface area contributed by atoms with Crippen LogP contribution in [0.1, 0.15) is 40.8 Å². The number of rotatable bonds is 8. The summed E-state index contributed by atoms with van der Waals surface area (Å²) in [7, 11) is 0. The first-order valence-corrected chi connectivity index (χ1v) is 12.5. The number of amides is 1. The monoisotopic (exact) mass is 500 g/mol. The summed E-state index contributed by atoms with van der Waals surface area (Å²) in [5, 5.41) is 10.1. The topological polar surface area (TPSA) is 50.2 Å². The summed E-state index contributed by atoms with van der Waals surface area (Å²) in [6, 6.07) is 17.3. The van der Waals surface area contributed by atoms with E-state index in [-0.39, 0.29) is 11.9 Å². The van der Waals surface area contributed by atoms with Crippen molar-refractivity contribution in [3.8, 4) is 5.69 Å². The number of nitrogens with zero attached hydrogens (tertiary/aromatic N) is 3. The van der Waals surface area contributed by atoms with Crippen molar-refractivity contribution in [2.24, 2.45) is 0 Å². The zero-order valence-electron chi connectivity index (χ0n) is 18.8. The van der Waals surface area contributed by atoms with Gasteiger partial charge in [0.2, 0.25) is 0 Å². The van der Waals surface area contributed by atoms with Gasteiger partial charge in [-0.15, -0.1) is 11.3 Å². The molecule has 0 radical (unpaired) electrons. The van der Waals surface area contributed by atoms with E-state index < -0.39 is 0 Å². The molecule has 0 aliphatic heterocycles. The van der Waals surface area contributed by atoms with Crippen LogP contribution in [0.2, 0.25) is 10.0 Å². The number of carbonyl (C=O) groups is 1. The van der Waals surface area contributed by atoms with Crippen LogP contribution in [-0.4, -0.2) is 40.2 Å². The summed E-state index contributed by atoms with van der Waals surface area (Å²) >= 11 is 14.0. The zero-order chi connectivity index (χ0) is 23.5. The summed E-state index contributed by atoms with van der Waals surface area (Å²) in [5.41, 5.74) is 2.81. The lowest BCUT2D eigenvalue weighted by Gasteiger charge is -2.30. The van der Waals surface area contributed by atoms with E-state index in [0.717, 1.165) is 40.3 Å². The minimum Gasteiger partial charge on any atom is -0.349 e. The molecule has 1 amide bonds. The van der Waals surface area contributed by atoms with E-state index in [1.807, 2.05) is 66.2 Å². The van der Waals surface area contributed by atoms with Crippen molar-refractivity contribution < 1.29 is 4.79 Å². The fourth-order valence-corrected chi connectivity index (χ4v) is 5.53. The average molecular weight is 501 g/mol. The van der Waals surface area contributed by atoms with Crippen LogP contribution >= 0.6 is 34.5 Å². The number of halogens is 2. The van der Waals surface area contributed by atoms with Crippen LogP contribution in [0.15, 0.2) is 54.6 Å². The van der Waals surface area contributed by atoms with Gasteiger partial charge in [0, 0.05) is 22.0 Å². The van der Waals surface area contributed by atoms with Crippen LogP contribution in [0.3, 0.4) is 0 Å². The van der Waals surface area contributed by atoms with Gasteiger partial charge in [-0.25, -0.2) is 4.68 Å². The molecule has 1 N–H and O–H groups in total. The number of hydrogen-bond donors (Lipinski definition) is 1. The highest BCUT2D eigenvalue weighted by molar-refractivity contribution is 7.20. The first kappa shape index (κ1) is 23.8. The summed E-state index contributed by atoms with van der Waals surface area (Å²) in [6.45, 7) is 8.39. The molecule has 0 saturated heterocycles. The van der Waals surface area contributed by atoms with E-state index in [1.165, 1.54) is 11.3 Å². The second kappa shape index (κ2) is 10.3. The molecule has 4 rings (SSSR count). The Morgan fingerprint density at radius 3 is 2.48 bits per heavy atom. The first-order chi connectivity index (χ1) is 15.9. The maximum atomic E-state index is 13.1. The molecule has 2 heterocycles. The number of aryl methyl sites for hydroxylation is 1. The molecule has 0 aliphatic carbocycles. The molecule has 0 bridgehead atoms. The van der Waals surface area contributed by atoms with Crippen molar-refractivity contribution in [1.82, 2.24) is 20.0 Å². The number of fused-ring (bicyclic) bond motifs is 1. The molecule has 0 fully saturated rings. The van der Waals surface area contributed by atoms with E-state index in [0.29, 0.717) is 21.5 Å². The Labute approximate surface area is 207 Å². The lowest BCUT2D eigenvalue weighted by Crippen LogP contribution is -2.38. The lowest BCUT2D eigenvalue weighted by atomic mass is 10.0. The minimum atomic E-state index is -0.0949. The van der Waals surface area contributed by atoms with Crippen molar-refractivity contribution in [3.63, 3.8) is 0 Å². The zero-order valence-corrected chi connectivity index (χ0v) is 21.1. The third-order valence-electron chi connectivity index (χ3n) is 5.81. The Bertz CT molecular complexity index is 1260. The van der Waals surface area contributed by atoms with Gasteiger partial charge in [0.15, 0.2) is 0 Å². The lowest BCUT2D eigenvalue weighted by molar-refractivity contribution is 0.0939. The van der Waals surface area contributed by atoms with Crippen molar-refractivity contribution in [3.05, 3.63) is 80.8 Å². The fraction of sp³-hybridized carbons (Fsp3) is 0.280. The molecule has 2 aromatic carbocycles. The Morgan fingerprint density at radius 1 is 1.12 bits per heavy atom. The van der Waals surface area contributed by atoms with Gasteiger partial charge in [0.1, 0.15) is 4.83 Å². The Balaban J connectivity index is 1.58. The molecule has 5 nitrogen and oxygen atoms in total. The quantitative estimate of drug-likeness (QED) is 0.299. The van der Waals surface area contributed by atoms with E-state index in [9.17, 15) is 4.79 Å². The summed E-state index contributed by atoms with van der Waals surface area (Å²) in [5.74, 6) is -0.0949. The molecule has 0 unspecified atom stereocenters. The van der Waals surface area contributed by atoms with Gasteiger partial charge >= 0.3 is 0 Å². The Kier molecular flexibility index (Phi) is 7.39. The van der Waals surface area contributed by atoms with Crippen molar-refractivity contribution >= 4 is 50.7 Å².